The van der Waals surface area contributed by atoms with E-state index in [1.165, 1.54) is 9.87 Å². The van der Waals surface area contributed by atoms with Gasteiger partial charge in [0.25, 0.3) is 5.91 Å². The quantitative estimate of drug-likeness (QED) is 0.693. The summed E-state index contributed by atoms with van der Waals surface area (Å²) >= 11 is 0. The lowest BCUT2D eigenvalue weighted by atomic mass is 10.0. The fourth-order valence-electron chi connectivity index (χ4n) is 3.80. The first-order valence-electron chi connectivity index (χ1n) is 10.5. The standard InChI is InChI=1S/C23H31N3O3S/c1-18-9-11-22(12-10-18)30(28,29)26-15-13-25(14-16-26)20(3)23(27)24-17-19(2)21-7-5-4-6-8-21/h4-12,19-20H,13-17H2,1-3H3,(H,24,27)/p+1/t19-,20-/m0/s1. The molecule has 0 saturated carbocycles. The van der Waals surface area contributed by atoms with Crippen LogP contribution in [0.4, 0.5) is 0 Å². The normalized spacial score (nSPS) is 18.0. The molecular formula is C23H32N3O3S+. The molecule has 2 aromatic carbocycles. The summed E-state index contributed by atoms with van der Waals surface area (Å²) in [5.74, 6) is 0.261. The molecule has 0 radical (unpaired) electrons. The maximum Gasteiger partial charge on any atom is 0.278 e. The molecular weight excluding hydrogens is 398 g/mol. The maximum absolute atomic E-state index is 12.9. The van der Waals surface area contributed by atoms with Gasteiger partial charge in [0.15, 0.2) is 6.04 Å². The van der Waals surface area contributed by atoms with Gasteiger partial charge >= 0.3 is 0 Å². The highest BCUT2D eigenvalue weighted by molar-refractivity contribution is 7.89. The summed E-state index contributed by atoms with van der Waals surface area (Å²) in [6, 6.07) is 16.9. The number of carbonyl (C=O) groups excluding carboxylic acids is 1. The minimum Gasteiger partial charge on any atom is -0.350 e. The maximum atomic E-state index is 12.9. The van der Waals surface area contributed by atoms with Gasteiger partial charge in [-0.25, -0.2) is 8.42 Å². The van der Waals surface area contributed by atoms with Crippen LogP contribution in [0.5, 0.6) is 0 Å². The van der Waals surface area contributed by atoms with Gasteiger partial charge in [-0.15, -0.1) is 0 Å². The number of hydrogen-bond acceptors (Lipinski definition) is 3. The van der Waals surface area contributed by atoms with Crippen molar-refractivity contribution in [2.45, 2.75) is 37.6 Å². The zero-order valence-electron chi connectivity index (χ0n) is 18.0. The first-order valence-corrected chi connectivity index (χ1v) is 12.0. The molecule has 162 valence electrons. The summed E-state index contributed by atoms with van der Waals surface area (Å²) in [6.07, 6.45) is 0. The number of aryl methyl sites for hydroxylation is 1. The summed E-state index contributed by atoms with van der Waals surface area (Å²) in [6.45, 7) is 8.62. The molecule has 3 rings (SSSR count). The van der Waals surface area contributed by atoms with Crippen molar-refractivity contribution in [3.63, 3.8) is 0 Å². The Morgan fingerprint density at radius 3 is 2.23 bits per heavy atom. The van der Waals surface area contributed by atoms with E-state index in [9.17, 15) is 13.2 Å². The van der Waals surface area contributed by atoms with Crippen LogP contribution in [0.15, 0.2) is 59.5 Å². The van der Waals surface area contributed by atoms with E-state index in [1.807, 2.05) is 44.2 Å². The number of piperazine rings is 1. The fraction of sp³-hybridized carbons (Fsp3) is 0.435. The van der Waals surface area contributed by atoms with E-state index in [4.69, 9.17) is 0 Å². The van der Waals surface area contributed by atoms with Crippen LogP contribution in [0, 0.1) is 6.92 Å². The third kappa shape index (κ3) is 5.28. The zero-order chi connectivity index (χ0) is 21.7. The van der Waals surface area contributed by atoms with Gasteiger partial charge in [0.05, 0.1) is 31.1 Å². The predicted molar refractivity (Wildman–Crippen MR) is 118 cm³/mol. The second kappa shape index (κ2) is 9.73. The third-order valence-electron chi connectivity index (χ3n) is 5.98. The molecule has 2 atom stereocenters. The van der Waals surface area contributed by atoms with Crippen LogP contribution in [-0.4, -0.2) is 57.4 Å². The summed E-state index contributed by atoms with van der Waals surface area (Å²) in [7, 11) is -3.48. The zero-order valence-corrected chi connectivity index (χ0v) is 18.8. The number of nitrogens with zero attached hydrogens (tertiary/aromatic N) is 1. The van der Waals surface area contributed by atoms with Gasteiger partial charge in [0, 0.05) is 6.54 Å². The Labute approximate surface area is 179 Å². The molecule has 1 fully saturated rings. The van der Waals surface area contributed by atoms with E-state index in [0.29, 0.717) is 37.6 Å². The molecule has 1 aliphatic heterocycles. The van der Waals surface area contributed by atoms with E-state index in [-0.39, 0.29) is 17.9 Å². The lowest BCUT2D eigenvalue weighted by Gasteiger charge is -2.34. The van der Waals surface area contributed by atoms with Crippen LogP contribution in [0.25, 0.3) is 0 Å². The van der Waals surface area contributed by atoms with E-state index in [1.54, 1.807) is 12.1 Å². The molecule has 1 heterocycles. The fourth-order valence-corrected chi connectivity index (χ4v) is 5.24. The van der Waals surface area contributed by atoms with Gasteiger partial charge < -0.3 is 10.2 Å². The van der Waals surface area contributed by atoms with Gasteiger partial charge in [-0.3, -0.25) is 4.79 Å². The van der Waals surface area contributed by atoms with Crippen molar-refractivity contribution in [3.05, 3.63) is 65.7 Å². The van der Waals surface area contributed by atoms with Crippen molar-refractivity contribution < 1.29 is 18.1 Å². The minimum atomic E-state index is -3.48. The molecule has 1 aliphatic rings. The molecule has 6 nitrogen and oxygen atoms in total. The second-order valence-corrected chi connectivity index (χ2v) is 10.1. The summed E-state index contributed by atoms with van der Waals surface area (Å²) in [5, 5.41) is 3.06. The molecule has 0 unspecified atom stereocenters. The van der Waals surface area contributed by atoms with Crippen molar-refractivity contribution in [1.82, 2.24) is 9.62 Å². The second-order valence-electron chi connectivity index (χ2n) is 8.15. The number of sulfonamides is 1. The molecule has 7 heteroatoms. The highest BCUT2D eigenvalue weighted by atomic mass is 32.2. The van der Waals surface area contributed by atoms with Crippen LogP contribution >= 0.6 is 0 Å². The van der Waals surface area contributed by atoms with Crippen molar-refractivity contribution >= 4 is 15.9 Å². The van der Waals surface area contributed by atoms with Crippen LogP contribution in [0.2, 0.25) is 0 Å². The van der Waals surface area contributed by atoms with Crippen LogP contribution < -0.4 is 10.2 Å². The smallest absolute Gasteiger partial charge is 0.278 e. The number of nitrogens with one attached hydrogen (secondary N) is 2. The lowest BCUT2D eigenvalue weighted by molar-refractivity contribution is -0.917. The Kier molecular flexibility index (Phi) is 7.28. The topological polar surface area (TPSA) is 70.9 Å². The molecule has 0 aromatic heterocycles. The average Bonchev–Trinajstić information content (AvgIpc) is 2.77. The van der Waals surface area contributed by atoms with Gasteiger partial charge in [-0.2, -0.15) is 4.31 Å². The van der Waals surface area contributed by atoms with Crippen molar-refractivity contribution in [3.8, 4) is 0 Å². The molecule has 2 aromatic rings. The highest BCUT2D eigenvalue weighted by Gasteiger charge is 2.34. The van der Waals surface area contributed by atoms with Gasteiger partial charge in [-0.05, 0) is 37.5 Å². The third-order valence-corrected chi connectivity index (χ3v) is 7.89. The Hall–Kier alpha value is -2.22. The Morgan fingerprint density at radius 2 is 1.63 bits per heavy atom. The first-order chi connectivity index (χ1) is 14.3. The van der Waals surface area contributed by atoms with Gasteiger partial charge in [0.1, 0.15) is 0 Å². The predicted octanol–water partition coefficient (Wildman–Crippen LogP) is 1.19. The van der Waals surface area contributed by atoms with Crippen LogP contribution in [0.1, 0.15) is 30.9 Å². The van der Waals surface area contributed by atoms with Crippen LogP contribution in [0.3, 0.4) is 0 Å². The Morgan fingerprint density at radius 1 is 1.03 bits per heavy atom. The molecule has 0 aliphatic carbocycles. The Bertz CT molecular complexity index is 937. The minimum absolute atomic E-state index is 0.0163. The van der Waals surface area contributed by atoms with Crippen molar-refractivity contribution in [1.29, 1.82) is 0 Å². The SMILES string of the molecule is Cc1ccc(S(=O)(=O)N2CC[NH+]([C@@H](C)C(=O)NC[C@H](C)c3ccccc3)CC2)cc1. The largest absolute Gasteiger partial charge is 0.350 e. The van der Waals surface area contributed by atoms with Crippen molar-refractivity contribution in [2.24, 2.45) is 0 Å². The number of rotatable bonds is 7. The summed E-state index contributed by atoms with van der Waals surface area (Å²) in [4.78, 5) is 14.1. The molecule has 0 bridgehead atoms. The number of benzene rings is 2. The number of carbonyl (C=O) groups is 1. The van der Waals surface area contributed by atoms with E-state index >= 15 is 0 Å². The molecule has 1 amide bonds. The lowest BCUT2D eigenvalue weighted by Crippen LogP contribution is -3.19. The number of quaternary nitrogens is 1. The van der Waals surface area contributed by atoms with Gasteiger partial charge in [0.2, 0.25) is 10.0 Å². The van der Waals surface area contributed by atoms with E-state index in [2.05, 4.69) is 24.4 Å². The van der Waals surface area contributed by atoms with Crippen molar-refractivity contribution in [2.75, 3.05) is 32.7 Å². The van der Waals surface area contributed by atoms with E-state index < -0.39 is 10.0 Å². The van der Waals surface area contributed by atoms with Crippen LogP contribution in [-0.2, 0) is 14.8 Å². The number of hydrogen-bond donors (Lipinski definition) is 2. The highest BCUT2D eigenvalue weighted by Crippen LogP contribution is 2.16. The molecule has 30 heavy (non-hydrogen) atoms. The molecule has 2 N–H and O–H groups in total. The summed E-state index contributed by atoms with van der Waals surface area (Å²) in [5.41, 5.74) is 2.23. The average molecular weight is 431 g/mol. The first kappa shape index (κ1) is 22.5. The summed E-state index contributed by atoms with van der Waals surface area (Å²) < 4.78 is 27.2. The Balaban J connectivity index is 1.51. The van der Waals surface area contributed by atoms with Gasteiger partial charge in [-0.1, -0.05) is 55.0 Å². The van der Waals surface area contributed by atoms with E-state index in [0.717, 1.165) is 10.5 Å². The molecule has 0 spiro atoms. The monoisotopic (exact) mass is 430 g/mol. The molecule has 1 saturated heterocycles. The number of amides is 1.